The molecule has 2 aromatic rings. The molecule has 2 heterocycles. The highest BCUT2D eigenvalue weighted by Crippen LogP contribution is 2.33. The molecular formula is C18H23NOS. The maximum atomic E-state index is 5.74. The van der Waals surface area contributed by atoms with Crippen LogP contribution in [0, 0.1) is 6.92 Å². The Balaban J connectivity index is 1.94. The first kappa shape index (κ1) is 14.6. The van der Waals surface area contributed by atoms with E-state index in [1.807, 2.05) is 11.3 Å². The van der Waals surface area contributed by atoms with E-state index in [1.165, 1.54) is 21.6 Å². The second-order valence-corrected chi connectivity index (χ2v) is 6.62. The van der Waals surface area contributed by atoms with Gasteiger partial charge < -0.3 is 10.1 Å². The van der Waals surface area contributed by atoms with Gasteiger partial charge in [-0.3, -0.25) is 0 Å². The third kappa shape index (κ3) is 3.14. The van der Waals surface area contributed by atoms with Crippen molar-refractivity contribution in [3.8, 4) is 5.75 Å². The van der Waals surface area contributed by atoms with E-state index in [-0.39, 0.29) is 0 Å². The second-order valence-electron chi connectivity index (χ2n) is 5.67. The maximum absolute atomic E-state index is 5.74. The highest BCUT2D eigenvalue weighted by atomic mass is 32.1. The van der Waals surface area contributed by atoms with E-state index >= 15 is 0 Å². The van der Waals surface area contributed by atoms with E-state index in [9.17, 15) is 0 Å². The zero-order valence-electron chi connectivity index (χ0n) is 12.8. The molecule has 3 heteroatoms. The molecule has 1 aromatic carbocycles. The highest BCUT2D eigenvalue weighted by molar-refractivity contribution is 7.10. The summed E-state index contributed by atoms with van der Waals surface area (Å²) >= 11 is 1.85. The van der Waals surface area contributed by atoms with Gasteiger partial charge in [-0.1, -0.05) is 19.1 Å². The minimum absolute atomic E-state index is 0.303. The van der Waals surface area contributed by atoms with Crippen LogP contribution in [0.2, 0.25) is 0 Å². The summed E-state index contributed by atoms with van der Waals surface area (Å²) in [5.41, 5.74) is 4.09. The number of aryl methyl sites for hydroxylation is 2. The first-order valence-corrected chi connectivity index (χ1v) is 8.70. The van der Waals surface area contributed by atoms with Crippen LogP contribution >= 0.6 is 11.3 Å². The molecule has 1 aliphatic heterocycles. The fourth-order valence-electron chi connectivity index (χ4n) is 2.89. The van der Waals surface area contributed by atoms with Crippen molar-refractivity contribution in [2.75, 3.05) is 13.2 Å². The number of thiophene rings is 1. The molecule has 1 unspecified atom stereocenters. The van der Waals surface area contributed by atoms with Gasteiger partial charge >= 0.3 is 0 Å². The van der Waals surface area contributed by atoms with Gasteiger partial charge in [-0.25, -0.2) is 0 Å². The Morgan fingerprint density at radius 3 is 3.00 bits per heavy atom. The molecular weight excluding hydrogens is 278 g/mol. The minimum Gasteiger partial charge on any atom is -0.493 e. The monoisotopic (exact) mass is 301 g/mol. The molecule has 2 nitrogen and oxygen atoms in total. The first-order valence-electron chi connectivity index (χ1n) is 7.82. The molecule has 112 valence electrons. The molecule has 0 spiro atoms. The average Bonchev–Trinajstić information content (AvgIpc) is 2.94. The number of nitrogens with one attached hydrogen (secondary N) is 1. The quantitative estimate of drug-likeness (QED) is 0.879. The van der Waals surface area contributed by atoms with Crippen LogP contribution in [0.25, 0.3) is 0 Å². The molecule has 1 atom stereocenters. The van der Waals surface area contributed by atoms with Crippen LogP contribution in [0.3, 0.4) is 0 Å². The second kappa shape index (κ2) is 6.63. The summed E-state index contributed by atoms with van der Waals surface area (Å²) in [5.74, 6) is 1.07. The maximum Gasteiger partial charge on any atom is 0.122 e. The summed E-state index contributed by atoms with van der Waals surface area (Å²) in [7, 11) is 0. The predicted molar refractivity (Wildman–Crippen MR) is 89.5 cm³/mol. The molecule has 0 amide bonds. The zero-order chi connectivity index (χ0) is 14.7. The lowest BCUT2D eigenvalue weighted by Gasteiger charge is -2.23. The molecule has 0 fully saturated rings. The molecule has 0 saturated carbocycles. The highest BCUT2D eigenvalue weighted by Gasteiger charge is 2.19. The van der Waals surface area contributed by atoms with Crippen molar-refractivity contribution in [2.24, 2.45) is 0 Å². The van der Waals surface area contributed by atoms with Crippen LogP contribution in [-0.2, 0) is 6.42 Å². The molecule has 1 aromatic heterocycles. The molecule has 1 aliphatic rings. The summed E-state index contributed by atoms with van der Waals surface area (Å²) in [6.07, 6.45) is 3.41. The fraction of sp³-hybridized carbons (Fsp3) is 0.444. The first-order chi connectivity index (χ1) is 10.3. The Labute approximate surface area is 131 Å². The third-order valence-corrected chi connectivity index (χ3v) is 5.11. The fourth-order valence-corrected chi connectivity index (χ4v) is 3.92. The van der Waals surface area contributed by atoms with Crippen LogP contribution in [0.5, 0.6) is 5.75 Å². The van der Waals surface area contributed by atoms with Crippen LogP contribution in [0.1, 0.15) is 47.4 Å². The molecule has 0 radical (unpaired) electrons. The number of ether oxygens (including phenoxy) is 1. The average molecular weight is 301 g/mol. The minimum atomic E-state index is 0.303. The van der Waals surface area contributed by atoms with Crippen molar-refractivity contribution >= 4 is 11.3 Å². The van der Waals surface area contributed by atoms with Crippen LogP contribution in [-0.4, -0.2) is 13.2 Å². The van der Waals surface area contributed by atoms with Crippen molar-refractivity contribution < 1.29 is 4.74 Å². The molecule has 1 N–H and O–H groups in total. The SMILES string of the molecule is CCCNC(c1ccc2c(c1)CCCO2)c1sccc1C. The van der Waals surface area contributed by atoms with E-state index < -0.39 is 0 Å². The van der Waals surface area contributed by atoms with Gasteiger partial charge in [-0.2, -0.15) is 0 Å². The predicted octanol–water partition coefficient (Wildman–Crippen LogP) is 4.47. The van der Waals surface area contributed by atoms with Crippen molar-refractivity contribution in [1.29, 1.82) is 0 Å². The van der Waals surface area contributed by atoms with Crippen molar-refractivity contribution in [1.82, 2.24) is 5.32 Å². The Bertz CT molecular complexity index is 605. The van der Waals surface area contributed by atoms with Crippen LogP contribution in [0.15, 0.2) is 29.6 Å². The molecule has 0 saturated heterocycles. The number of hydrogen-bond donors (Lipinski definition) is 1. The zero-order valence-corrected chi connectivity index (χ0v) is 13.6. The lowest BCUT2D eigenvalue weighted by atomic mass is 9.97. The Kier molecular flexibility index (Phi) is 4.61. The van der Waals surface area contributed by atoms with Crippen molar-refractivity contribution in [3.63, 3.8) is 0 Å². The lowest BCUT2D eigenvalue weighted by Crippen LogP contribution is -2.23. The van der Waals surface area contributed by atoms with Gasteiger partial charge in [0, 0.05) is 4.88 Å². The van der Waals surface area contributed by atoms with Gasteiger partial charge in [0.15, 0.2) is 0 Å². The Hall–Kier alpha value is -1.32. The largest absolute Gasteiger partial charge is 0.493 e. The smallest absolute Gasteiger partial charge is 0.122 e. The number of hydrogen-bond acceptors (Lipinski definition) is 3. The lowest BCUT2D eigenvalue weighted by molar-refractivity contribution is 0.288. The summed E-state index contributed by atoms with van der Waals surface area (Å²) in [4.78, 5) is 1.43. The van der Waals surface area contributed by atoms with Gasteiger partial charge in [0.1, 0.15) is 5.75 Å². The number of rotatable bonds is 5. The molecule has 0 bridgehead atoms. The van der Waals surface area contributed by atoms with Gasteiger partial charge in [-0.15, -0.1) is 11.3 Å². The third-order valence-electron chi connectivity index (χ3n) is 4.03. The van der Waals surface area contributed by atoms with Gasteiger partial charge in [0.2, 0.25) is 0 Å². The number of benzene rings is 1. The van der Waals surface area contributed by atoms with Crippen LogP contribution in [0.4, 0.5) is 0 Å². The standard InChI is InChI=1S/C18H23NOS/c1-3-9-19-17(18-13(2)8-11-21-18)15-6-7-16-14(12-15)5-4-10-20-16/h6-8,11-12,17,19H,3-5,9-10H2,1-2H3. The topological polar surface area (TPSA) is 21.3 Å². The summed E-state index contributed by atoms with van der Waals surface area (Å²) in [6, 6.07) is 9.21. The van der Waals surface area contributed by atoms with E-state index in [1.54, 1.807) is 0 Å². The molecule has 21 heavy (non-hydrogen) atoms. The number of fused-ring (bicyclic) bond motifs is 1. The van der Waals surface area contributed by atoms with Gasteiger partial charge in [-0.05, 0) is 66.9 Å². The molecule has 0 aliphatic carbocycles. The molecule has 3 rings (SSSR count). The van der Waals surface area contributed by atoms with Crippen molar-refractivity contribution in [2.45, 2.75) is 39.2 Å². The van der Waals surface area contributed by atoms with E-state index in [0.29, 0.717) is 6.04 Å². The summed E-state index contributed by atoms with van der Waals surface area (Å²) in [6.45, 7) is 6.31. The Morgan fingerprint density at radius 2 is 2.24 bits per heavy atom. The van der Waals surface area contributed by atoms with E-state index in [4.69, 9.17) is 4.74 Å². The summed E-state index contributed by atoms with van der Waals surface area (Å²) in [5, 5.41) is 5.89. The normalized spacial score (nSPS) is 15.3. The van der Waals surface area contributed by atoms with Crippen LogP contribution < -0.4 is 10.1 Å². The van der Waals surface area contributed by atoms with E-state index in [0.717, 1.165) is 38.2 Å². The van der Waals surface area contributed by atoms with Gasteiger partial charge in [0.25, 0.3) is 0 Å². The Morgan fingerprint density at radius 1 is 1.33 bits per heavy atom. The van der Waals surface area contributed by atoms with Gasteiger partial charge in [0.05, 0.1) is 12.6 Å². The van der Waals surface area contributed by atoms with E-state index in [2.05, 4.69) is 48.8 Å². The van der Waals surface area contributed by atoms with Crippen molar-refractivity contribution in [3.05, 3.63) is 51.2 Å². The summed E-state index contributed by atoms with van der Waals surface area (Å²) < 4.78 is 5.74.